The van der Waals surface area contributed by atoms with Crippen LogP contribution < -0.4 is 4.74 Å². The molecule has 0 radical (unpaired) electrons. The third-order valence-electron chi connectivity index (χ3n) is 2.11. The second-order valence-corrected chi connectivity index (χ2v) is 4.96. The van der Waals surface area contributed by atoms with Crippen molar-refractivity contribution in [2.75, 3.05) is 11.9 Å². The van der Waals surface area contributed by atoms with E-state index in [1.807, 2.05) is 19.1 Å². The van der Waals surface area contributed by atoms with Gasteiger partial charge in [-0.3, -0.25) is 4.79 Å². The Bertz CT molecular complexity index is 364. The predicted molar refractivity (Wildman–Crippen MR) is 72.7 cm³/mol. The largest absolute Gasteiger partial charge is 0.492 e. The van der Waals surface area contributed by atoms with Crippen LogP contribution in [0.3, 0.4) is 0 Å². The molecule has 88 valence electrons. The molecule has 0 N–H and O–H groups in total. The topological polar surface area (TPSA) is 26.3 Å². The van der Waals surface area contributed by atoms with Gasteiger partial charge in [0.25, 0.3) is 0 Å². The number of ketones is 1. The number of alkyl halides is 1. The van der Waals surface area contributed by atoms with Gasteiger partial charge in [0.1, 0.15) is 5.75 Å². The molecule has 0 aliphatic rings. The molecule has 0 amide bonds. The summed E-state index contributed by atoms with van der Waals surface area (Å²) in [5.74, 6) is 0.932. The van der Waals surface area contributed by atoms with Gasteiger partial charge in [0.2, 0.25) is 0 Å². The van der Waals surface area contributed by atoms with Crippen molar-refractivity contribution in [2.24, 2.45) is 0 Å². The van der Waals surface area contributed by atoms with Crippen LogP contribution in [0.15, 0.2) is 22.7 Å². The Morgan fingerprint density at radius 2 is 2.19 bits per heavy atom. The van der Waals surface area contributed by atoms with Gasteiger partial charge in [0.05, 0.1) is 11.1 Å². The molecule has 2 nitrogen and oxygen atoms in total. The summed E-state index contributed by atoms with van der Waals surface area (Å²) >= 11 is 6.75. The minimum absolute atomic E-state index is 0.146. The Morgan fingerprint density at radius 3 is 2.75 bits per heavy atom. The van der Waals surface area contributed by atoms with Gasteiger partial charge in [0.15, 0.2) is 5.78 Å². The molecule has 1 aromatic rings. The van der Waals surface area contributed by atoms with Crippen molar-refractivity contribution in [3.63, 3.8) is 0 Å². The highest BCUT2D eigenvalue weighted by molar-refractivity contribution is 9.10. The molecule has 1 aromatic carbocycles. The number of carbonyl (C=O) groups is 1. The third-order valence-corrected chi connectivity index (χ3v) is 3.29. The average molecular weight is 350 g/mol. The number of halogens is 2. The van der Waals surface area contributed by atoms with Crippen LogP contribution in [0.25, 0.3) is 0 Å². The Kier molecular flexibility index (Phi) is 6.06. The van der Waals surface area contributed by atoms with Crippen LogP contribution in [0.1, 0.15) is 30.1 Å². The highest BCUT2D eigenvalue weighted by Crippen LogP contribution is 2.26. The Hall–Kier alpha value is -0.350. The zero-order valence-electron chi connectivity index (χ0n) is 9.13. The summed E-state index contributed by atoms with van der Waals surface area (Å²) in [5.41, 5.74) is 0.724. The molecule has 0 aliphatic heterocycles. The second-order valence-electron chi connectivity index (χ2n) is 3.31. The maximum absolute atomic E-state index is 11.5. The first-order valence-corrected chi connectivity index (χ1v) is 7.12. The number of hydrogen-bond acceptors (Lipinski definition) is 2. The number of ether oxygens (including phenoxy) is 1. The molecule has 0 atom stereocenters. The molecule has 0 heterocycles. The van der Waals surface area contributed by atoms with Crippen LogP contribution in [-0.4, -0.2) is 17.7 Å². The van der Waals surface area contributed by atoms with E-state index in [1.54, 1.807) is 6.07 Å². The summed E-state index contributed by atoms with van der Waals surface area (Å²) in [6.07, 6.45) is 1.48. The quantitative estimate of drug-likeness (QED) is 0.437. The predicted octanol–water partition coefficient (Wildman–Crippen LogP) is 4.21. The summed E-state index contributed by atoms with van der Waals surface area (Å²) in [6.45, 7) is 2.53. The summed E-state index contributed by atoms with van der Waals surface area (Å²) in [6, 6.07) is 5.45. The molecular formula is C12H14Br2O2. The lowest BCUT2D eigenvalue weighted by molar-refractivity contribution is 0.0988. The van der Waals surface area contributed by atoms with Crippen molar-refractivity contribution in [2.45, 2.75) is 19.8 Å². The van der Waals surface area contributed by atoms with Gasteiger partial charge in [-0.2, -0.15) is 0 Å². The van der Waals surface area contributed by atoms with Crippen molar-refractivity contribution in [3.05, 3.63) is 28.2 Å². The normalized spacial score (nSPS) is 10.2. The molecule has 0 aromatic heterocycles. The summed E-state index contributed by atoms with van der Waals surface area (Å²) in [7, 11) is 0. The summed E-state index contributed by atoms with van der Waals surface area (Å²) < 4.78 is 6.39. The maximum atomic E-state index is 11.5. The van der Waals surface area contributed by atoms with Crippen molar-refractivity contribution in [3.8, 4) is 5.75 Å². The Labute approximate surface area is 113 Å². The average Bonchev–Trinajstić information content (AvgIpc) is 2.30. The molecule has 0 saturated carbocycles. The number of carbonyl (C=O) groups excluding carboxylic acids is 1. The van der Waals surface area contributed by atoms with Crippen LogP contribution in [0.5, 0.6) is 5.75 Å². The van der Waals surface area contributed by atoms with Gasteiger partial charge in [0, 0.05) is 17.3 Å². The number of rotatable bonds is 6. The van der Waals surface area contributed by atoms with Gasteiger partial charge in [-0.05, 0) is 40.5 Å². The van der Waals surface area contributed by atoms with Crippen LogP contribution in [0.4, 0.5) is 0 Å². The maximum Gasteiger partial charge on any atom is 0.162 e. The van der Waals surface area contributed by atoms with Gasteiger partial charge in [-0.15, -0.1) is 0 Å². The minimum Gasteiger partial charge on any atom is -0.492 e. The Balaban J connectivity index is 2.71. The third kappa shape index (κ3) is 3.91. The van der Waals surface area contributed by atoms with Gasteiger partial charge >= 0.3 is 0 Å². The fourth-order valence-corrected chi connectivity index (χ4v) is 1.95. The lowest BCUT2D eigenvalue weighted by Gasteiger charge is -2.08. The van der Waals surface area contributed by atoms with E-state index in [-0.39, 0.29) is 5.78 Å². The summed E-state index contributed by atoms with van der Waals surface area (Å²) in [4.78, 5) is 11.5. The van der Waals surface area contributed by atoms with Crippen molar-refractivity contribution >= 4 is 37.6 Å². The molecule has 16 heavy (non-hydrogen) atoms. The zero-order chi connectivity index (χ0) is 12.0. The molecule has 0 saturated heterocycles. The lowest BCUT2D eigenvalue weighted by atomic mass is 10.1. The molecular weight excluding hydrogens is 336 g/mol. The van der Waals surface area contributed by atoms with E-state index in [0.29, 0.717) is 13.0 Å². The SMILES string of the molecule is CCC(=O)c1ccc(OCCCBr)c(Br)c1. The highest BCUT2D eigenvalue weighted by Gasteiger charge is 2.07. The molecule has 1 rings (SSSR count). The summed E-state index contributed by atoms with van der Waals surface area (Å²) in [5, 5.41) is 0.928. The van der Waals surface area contributed by atoms with Gasteiger partial charge in [-0.1, -0.05) is 22.9 Å². The fourth-order valence-electron chi connectivity index (χ4n) is 1.23. The lowest BCUT2D eigenvalue weighted by Crippen LogP contribution is -2.00. The zero-order valence-corrected chi connectivity index (χ0v) is 12.3. The number of hydrogen-bond donors (Lipinski definition) is 0. The van der Waals surface area contributed by atoms with Crippen LogP contribution in [0, 0.1) is 0 Å². The van der Waals surface area contributed by atoms with E-state index >= 15 is 0 Å². The molecule has 0 unspecified atom stereocenters. The first-order valence-electron chi connectivity index (χ1n) is 5.20. The van der Waals surface area contributed by atoms with Gasteiger partial charge < -0.3 is 4.74 Å². The second kappa shape index (κ2) is 7.07. The van der Waals surface area contributed by atoms with E-state index in [2.05, 4.69) is 31.9 Å². The minimum atomic E-state index is 0.146. The molecule has 4 heteroatoms. The number of Topliss-reactive ketones (excluding diaryl/α,β-unsaturated/α-hetero) is 1. The van der Waals surface area contributed by atoms with E-state index in [9.17, 15) is 4.79 Å². The smallest absolute Gasteiger partial charge is 0.162 e. The van der Waals surface area contributed by atoms with E-state index < -0.39 is 0 Å². The molecule has 0 aliphatic carbocycles. The first-order chi connectivity index (χ1) is 7.69. The highest BCUT2D eigenvalue weighted by atomic mass is 79.9. The van der Waals surface area contributed by atoms with Crippen molar-refractivity contribution in [1.29, 1.82) is 0 Å². The van der Waals surface area contributed by atoms with E-state index in [4.69, 9.17) is 4.74 Å². The molecule has 0 fully saturated rings. The van der Waals surface area contributed by atoms with E-state index in [0.717, 1.165) is 27.5 Å². The van der Waals surface area contributed by atoms with Crippen molar-refractivity contribution in [1.82, 2.24) is 0 Å². The standard InChI is InChI=1S/C12H14Br2O2/c1-2-11(15)9-4-5-12(10(14)8-9)16-7-3-6-13/h4-5,8H,2-3,6-7H2,1H3. The van der Waals surface area contributed by atoms with Crippen molar-refractivity contribution < 1.29 is 9.53 Å². The number of benzene rings is 1. The van der Waals surface area contributed by atoms with Gasteiger partial charge in [-0.25, -0.2) is 0 Å². The molecule has 0 bridgehead atoms. The Morgan fingerprint density at radius 1 is 1.44 bits per heavy atom. The fraction of sp³-hybridized carbons (Fsp3) is 0.417. The molecule has 0 spiro atoms. The van der Waals surface area contributed by atoms with Crippen LogP contribution in [-0.2, 0) is 0 Å². The monoisotopic (exact) mass is 348 g/mol. The first kappa shape index (κ1) is 13.7. The van der Waals surface area contributed by atoms with E-state index in [1.165, 1.54) is 0 Å². The van der Waals surface area contributed by atoms with Crippen LogP contribution >= 0.6 is 31.9 Å². The van der Waals surface area contributed by atoms with Crippen LogP contribution in [0.2, 0.25) is 0 Å².